The molecule has 0 atom stereocenters. The number of nitrogens with two attached hydrogens (primary N) is 2. The molecule has 0 aromatic carbocycles. The van der Waals surface area contributed by atoms with E-state index in [2.05, 4.69) is 23.4 Å². The van der Waals surface area contributed by atoms with Gasteiger partial charge in [-0.2, -0.15) is 0 Å². The topological polar surface area (TPSA) is 98.2 Å². The molecule has 0 aromatic rings. The second-order valence-corrected chi connectivity index (χ2v) is 2.78. The zero-order valence-corrected chi connectivity index (χ0v) is 10.2. The summed E-state index contributed by atoms with van der Waals surface area (Å²) in [6, 6.07) is 0. The van der Waals surface area contributed by atoms with Gasteiger partial charge in [0.05, 0.1) is 0 Å². The minimum absolute atomic E-state index is 0.139. The van der Waals surface area contributed by atoms with E-state index in [0.717, 1.165) is 6.54 Å². The third-order valence-corrected chi connectivity index (χ3v) is 1.43. The van der Waals surface area contributed by atoms with Gasteiger partial charge in [-0.15, -0.1) is 6.58 Å². The van der Waals surface area contributed by atoms with Crippen molar-refractivity contribution < 1.29 is 9.59 Å². The normalized spacial score (nSPS) is 7.62. The molecule has 0 aromatic heterocycles. The summed E-state index contributed by atoms with van der Waals surface area (Å²) < 4.78 is 0. The summed E-state index contributed by atoms with van der Waals surface area (Å²) in [6.07, 6.45) is 7.98. The molecule has 0 rings (SSSR count). The molecule has 0 aliphatic carbocycles. The van der Waals surface area contributed by atoms with Gasteiger partial charge < -0.3 is 21.6 Å². The van der Waals surface area contributed by atoms with Gasteiger partial charge in [0, 0.05) is 6.54 Å². The Labute approximate surface area is 98.3 Å². The van der Waals surface area contributed by atoms with Crippen LogP contribution in [0.4, 0.5) is 0 Å². The van der Waals surface area contributed by atoms with E-state index in [0.29, 0.717) is 6.29 Å². The van der Waals surface area contributed by atoms with E-state index in [1.807, 2.05) is 13.1 Å². The maximum absolute atomic E-state index is 9.05. The summed E-state index contributed by atoms with van der Waals surface area (Å²) >= 11 is 0. The van der Waals surface area contributed by atoms with Crippen molar-refractivity contribution in [3.05, 3.63) is 12.7 Å². The van der Waals surface area contributed by atoms with Gasteiger partial charge >= 0.3 is 0 Å². The minimum atomic E-state index is 0.139. The Morgan fingerprint density at radius 1 is 1.25 bits per heavy atom. The van der Waals surface area contributed by atoms with Gasteiger partial charge in [-0.3, -0.25) is 4.79 Å². The molecule has 0 saturated heterocycles. The first-order chi connectivity index (χ1) is 7.74. The number of unbranched alkanes of at least 4 members (excludes halogenated alkanes) is 3. The highest BCUT2D eigenvalue weighted by Gasteiger charge is 1.83. The first-order valence-corrected chi connectivity index (χ1v) is 5.29. The number of nitrogens with one attached hydrogen (secondary N) is 1. The predicted octanol–water partition coefficient (Wildman–Crippen LogP) is 0.198. The number of hydrogen-bond donors (Lipinski definition) is 3. The van der Waals surface area contributed by atoms with Gasteiger partial charge in [0.2, 0.25) is 6.41 Å². The highest BCUT2D eigenvalue weighted by molar-refractivity contribution is 5.51. The second-order valence-electron chi connectivity index (χ2n) is 2.78. The number of aldehydes is 1. The monoisotopic (exact) mass is 231 g/mol. The fourth-order valence-corrected chi connectivity index (χ4v) is 0.767. The lowest BCUT2D eigenvalue weighted by Crippen LogP contribution is -2.06. The summed E-state index contributed by atoms with van der Waals surface area (Å²) in [4.78, 5) is 17.6. The van der Waals surface area contributed by atoms with Crippen molar-refractivity contribution in [1.82, 2.24) is 5.32 Å². The third kappa shape index (κ3) is 53.0. The molecule has 0 fully saturated rings. The molecule has 0 aliphatic rings. The van der Waals surface area contributed by atoms with E-state index in [-0.39, 0.29) is 13.0 Å². The molecule has 16 heavy (non-hydrogen) atoms. The van der Waals surface area contributed by atoms with Gasteiger partial charge in [-0.05, 0) is 32.9 Å². The quantitative estimate of drug-likeness (QED) is 0.331. The molecule has 96 valence electrons. The first-order valence-electron chi connectivity index (χ1n) is 5.29. The van der Waals surface area contributed by atoms with Crippen LogP contribution in [0.25, 0.3) is 0 Å². The van der Waals surface area contributed by atoms with E-state index in [1.165, 1.54) is 25.7 Å². The average Bonchev–Trinajstić information content (AvgIpc) is 2.30. The summed E-state index contributed by atoms with van der Waals surface area (Å²) in [5.74, 6) is 0. The Kier molecular flexibility index (Phi) is 36.9. The van der Waals surface area contributed by atoms with Crippen molar-refractivity contribution in [1.29, 1.82) is 0 Å². The lowest BCUT2D eigenvalue weighted by molar-refractivity contribution is -0.107. The van der Waals surface area contributed by atoms with Crippen LogP contribution in [0.1, 0.15) is 25.7 Å². The standard InChI is InChI=1S/C8H17N.C2H5NO.CH3NO/c1-3-4-5-6-7-8-9-2;3-1-2-4;2-1-3/h3,9H,1,4-8H2,2H3;2H,1,3H2;1H,(H2,2,3). The highest BCUT2D eigenvalue weighted by atomic mass is 16.1. The Morgan fingerprint density at radius 2 is 1.75 bits per heavy atom. The second kappa shape index (κ2) is 29.2. The largest absolute Gasteiger partial charge is 0.372 e. The fourth-order valence-electron chi connectivity index (χ4n) is 0.767. The summed E-state index contributed by atoms with van der Waals surface area (Å²) in [5, 5.41) is 3.12. The van der Waals surface area contributed by atoms with Gasteiger partial charge in [-0.1, -0.05) is 12.5 Å². The molecular formula is C11H25N3O2. The molecular weight excluding hydrogens is 206 g/mol. The van der Waals surface area contributed by atoms with Crippen LogP contribution in [0.15, 0.2) is 12.7 Å². The lowest BCUT2D eigenvalue weighted by atomic mass is 10.2. The number of rotatable bonds is 7. The molecule has 5 heteroatoms. The Hall–Kier alpha value is -1.20. The summed E-state index contributed by atoms with van der Waals surface area (Å²) in [7, 11) is 1.99. The van der Waals surface area contributed by atoms with E-state index < -0.39 is 0 Å². The van der Waals surface area contributed by atoms with Crippen LogP contribution in [0, 0.1) is 0 Å². The van der Waals surface area contributed by atoms with Crippen LogP contribution < -0.4 is 16.8 Å². The molecule has 0 heterocycles. The van der Waals surface area contributed by atoms with Crippen molar-refractivity contribution in [3.8, 4) is 0 Å². The van der Waals surface area contributed by atoms with Gasteiger partial charge in [-0.25, -0.2) is 0 Å². The molecule has 0 aliphatic heterocycles. The van der Waals surface area contributed by atoms with E-state index in [1.54, 1.807) is 0 Å². The van der Waals surface area contributed by atoms with Crippen LogP contribution in [0.3, 0.4) is 0 Å². The first kappa shape index (κ1) is 20.2. The van der Waals surface area contributed by atoms with Crippen LogP contribution in [-0.4, -0.2) is 32.8 Å². The van der Waals surface area contributed by atoms with Crippen LogP contribution in [0.2, 0.25) is 0 Å². The van der Waals surface area contributed by atoms with Crippen molar-refractivity contribution in [2.24, 2.45) is 11.5 Å². The Balaban J connectivity index is -0.000000201. The maximum atomic E-state index is 9.05. The number of allylic oxidation sites excluding steroid dienone is 1. The van der Waals surface area contributed by atoms with Crippen LogP contribution in [-0.2, 0) is 9.59 Å². The van der Waals surface area contributed by atoms with Crippen molar-refractivity contribution in [3.63, 3.8) is 0 Å². The molecule has 0 unspecified atom stereocenters. The average molecular weight is 231 g/mol. The summed E-state index contributed by atoms with van der Waals surface area (Å²) in [6.45, 7) is 4.95. The van der Waals surface area contributed by atoms with Crippen LogP contribution in [0.5, 0.6) is 0 Å². The highest BCUT2D eigenvalue weighted by Crippen LogP contribution is 1.97. The molecule has 0 radical (unpaired) electrons. The molecule has 5 nitrogen and oxygen atoms in total. The lowest BCUT2D eigenvalue weighted by Gasteiger charge is -1.96. The maximum Gasteiger partial charge on any atom is 0.204 e. The molecule has 0 saturated carbocycles. The minimum Gasteiger partial charge on any atom is -0.372 e. The van der Waals surface area contributed by atoms with Gasteiger partial charge in [0.15, 0.2) is 0 Å². The Bertz CT molecular complexity index is 141. The smallest absolute Gasteiger partial charge is 0.204 e. The van der Waals surface area contributed by atoms with E-state index in [9.17, 15) is 0 Å². The van der Waals surface area contributed by atoms with Crippen molar-refractivity contribution >= 4 is 12.7 Å². The van der Waals surface area contributed by atoms with Gasteiger partial charge in [0.25, 0.3) is 0 Å². The van der Waals surface area contributed by atoms with Crippen molar-refractivity contribution in [2.45, 2.75) is 25.7 Å². The SMILES string of the molecule is C=CCCCCCNC.NC=O.NCC=O. The number of carbonyl (C=O) groups is 2. The number of primary amides is 1. The zero-order chi connectivity index (χ0) is 13.1. The molecule has 5 N–H and O–H groups in total. The fraction of sp³-hybridized carbons (Fsp3) is 0.636. The predicted molar refractivity (Wildman–Crippen MR) is 68.0 cm³/mol. The number of carbonyl (C=O) groups excluding carboxylic acids is 2. The Morgan fingerprint density at radius 3 is 2.06 bits per heavy atom. The summed E-state index contributed by atoms with van der Waals surface area (Å²) in [5.41, 5.74) is 8.83. The molecule has 1 amide bonds. The van der Waals surface area contributed by atoms with E-state index in [4.69, 9.17) is 9.59 Å². The van der Waals surface area contributed by atoms with Crippen molar-refractivity contribution in [2.75, 3.05) is 20.1 Å². The number of amides is 1. The number of hydrogen-bond acceptors (Lipinski definition) is 4. The van der Waals surface area contributed by atoms with E-state index >= 15 is 0 Å². The third-order valence-electron chi connectivity index (χ3n) is 1.43. The molecule has 0 bridgehead atoms. The molecule has 0 spiro atoms. The zero-order valence-electron chi connectivity index (χ0n) is 10.2. The van der Waals surface area contributed by atoms with Gasteiger partial charge in [0.1, 0.15) is 6.29 Å². The van der Waals surface area contributed by atoms with Crippen LogP contribution >= 0.6 is 0 Å².